The summed E-state index contributed by atoms with van der Waals surface area (Å²) < 4.78 is 7.43. The van der Waals surface area contributed by atoms with E-state index in [-0.39, 0.29) is 16.5 Å². The number of hydrogen-bond acceptors (Lipinski definition) is 7. The molecule has 0 spiro atoms. The normalized spacial score (nSPS) is 14.0. The zero-order chi connectivity index (χ0) is 27.6. The van der Waals surface area contributed by atoms with E-state index < -0.39 is 0 Å². The van der Waals surface area contributed by atoms with Gasteiger partial charge in [-0.3, -0.25) is 19.8 Å². The Bertz CT molecular complexity index is 1670. The molecule has 0 N–H and O–H groups in total. The maximum Gasteiger partial charge on any atom is 0.270 e. The number of ether oxygens (including phenoxy) is 1. The molecule has 4 heterocycles. The minimum atomic E-state index is -0.380. The lowest BCUT2D eigenvalue weighted by Crippen LogP contribution is -2.48. The number of aromatic nitrogens is 2. The van der Waals surface area contributed by atoms with Crippen LogP contribution in [0.1, 0.15) is 15.4 Å². The van der Waals surface area contributed by atoms with Crippen LogP contribution in [0.25, 0.3) is 28.0 Å². The van der Waals surface area contributed by atoms with E-state index in [9.17, 15) is 14.9 Å². The van der Waals surface area contributed by atoms with Crippen molar-refractivity contribution in [2.75, 3.05) is 33.3 Å². The number of methoxy groups -OCH3 is 1. The van der Waals surface area contributed by atoms with E-state index in [2.05, 4.69) is 9.30 Å². The van der Waals surface area contributed by atoms with Crippen LogP contribution in [0, 0.1) is 10.1 Å². The van der Waals surface area contributed by atoms with Crippen LogP contribution in [-0.2, 0) is 6.54 Å². The summed E-state index contributed by atoms with van der Waals surface area (Å²) in [7, 11) is 1.64. The number of hydrogen-bond donors (Lipinski definition) is 0. The summed E-state index contributed by atoms with van der Waals surface area (Å²) in [6.07, 6.45) is 2.00. The molecular formula is C30H27N5O4S. The van der Waals surface area contributed by atoms with Gasteiger partial charge in [0.2, 0.25) is 0 Å². The quantitative estimate of drug-likeness (QED) is 0.192. The van der Waals surface area contributed by atoms with Gasteiger partial charge in [0.15, 0.2) is 0 Å². The van der Waals surface area contributed by atoms with Crippen LogP contribution < -0.4 is 4.74 Å². The number of non-ortho nitro benzene ring substituents is 1. The molecular weight excluding hydrogens is 526 g/mol. The zero-order valence-corrected chi connectivity index (χ0v) is 22.7. The highest BCUT2D eigenvalue weighted by molar-refractivity contribution is 7.12. The number of thiophene rings is 1. The van der Waals surface area contributed by atoms with Crippen LogP contribution in [0.4, 0.5) is 5.69 Å². The lowest BCUT2D eigenvalue weighted by atomic mass is 10.1. The molecule has 1 aliphatic heterocycles. The second-order valence-electron chi connectivity index (χ2n) is 9.63. The number of nitrogens with zero attached hydrogens (tertiary/aromatic N) is 5. The number of piperazine rings is 1. The molecule has 10 heteroatoms. The highest BCUT2D eigenvalue weighted by Gasteiger charge is 2.25. The fraction of sp³-hybridized carbons (Fsp3) is 0.200. The first-order chi connectivity index (χ1) is 19.5. The summed E-state index contributed by atoms with van der Waals surface area (Å²) in [5.41, 5.74) is 5.34. The number of fused-ring (bicyclic) bond motifs is 1. The zero-order valence-electron chi connectivity index (χ0n) is 21.9. The molecule has 1 aliphatic rings. The number of rotatable bonds is 7. The number of carbonyl (C=O) groups is 1. The van der Waals surface area contributed by atoms with Crippen molar-refractivity contribution >= 4 is 28.6 Å². The monoisotopic (exact) mass is 553 g/mol. The van der Waals surface area contributed by atoms with Crippen LogP contribution in [0.15, 0.2) is 84.4 Å². The highest BCUT2D eigenvalue weighted by Crippen LogP contribution is 2.31. The molecule has 1 saturated heterocycles. The fourth-order valence-corrected chi connectivity index (χ4v) is 5.76. The number of carbonyl (C=O) groups excluding carboxylic acids is 1. The van der Waals surface area contributed by atoms with Crippen molar-refractivity contribution in [3.63, 3.8) is 0 Å². The van der Waals surface area contributed by atoms with Gasteiger partial charge in [0, 0.05) is 56.6 Å². The summed E-state index contributed by atoms with van der Waals surface area (Å²) >= 11 is 1.47. The molecule has 2 aromatic carbocycles. The van der Waals surface area contributed by atoms with Crippen molar-refractivity contribution < 1.29 is 14.5 Å². The third-order valence-electron chi connectivity index (χ3n) is 7.24. The standard InChI is InChI=1S/C30H27N5O4S/c1-39-25-10-7-21(8-11-25)29-26(20-32-13-15-33(16-14-32)30(36)27-6-3-17-40-27)34-19-23(9-12-28(34)31-29)22-4-2-5-24(18-22)35(37)38/h2-12,17-19H,13-16,20H2,1H3. The fourth-order valence-electron chi connectivity index (χ4n) is 5.07. The van der Waals surface area contributed by atoms with Gasteiger partial charge in [-0.1, -0.05) is 18.2 Å². The summed E-state index contributed by atoms with van der Waals surface area (Å²) in [5.74, 6) is 0.860. The van der Waals surface area contributed by atoms with E-state index >= 15 is 0 Å². The molecule has 0 bridgehead atoms. The van der Waals surface area contributed by atoms with E-state index in [1.54, 1.807) is 19.2 Å². The Hall–Kier alpha value is -4.54. The number of pyridine rings is 1. The first-order valence-corrected chi connectivity index (χ1v) is 13.8. The molecule has 40 heavy (non-hydrogen) atoms. The highest BCUT2D eigenvalue weighted by atomic mass is 32.1. The molecule has 0 atom stereocenters. The Balaban J connectivity index is 1.34. The minimum absolute atomic E-state index is 0.0531. The van der Waals surface area contributed by atoms with E-state index in [0.29, 0.717) is 19.6 Å². The van der Waals surface area contributed by atoms with Crippen LogP contribution >= 0.6 is 11.3 Å². The lowest BCUT2D eigenvalue weighted by molar-refractivity contribution is -0.384. The van der Waals surface area contributed by atoms with Gasteiger partial charge in [-0.15, -0.1) is 11.3 Å². The van der Waals surface area contributed by atoms with Crippen LogP contribution in [0.3, 0.4) is 0 Å². The third kappa shape index (κ3) is 5.06. The second-order valence-corrected chi connectivity index (χ2v) is 10.6. The van der Waals surface area contributed by atoms with Crippen molar-refractivity contribution in [3.05, 3.63) is 105 Å². The van der Waals surface area contributed by atoms with Gasteiger partial charge in [-0.2, -0.15) is 0 Å². The molecule has 0 unspecified atom stereocenters. The smallest absolute Gasteiger partial charge is 0.270 e. The molecule has 0 aliphatic carbocycles. The molecule has 3 aromatic heterocycles. The van der Waals surface area contributed by atoms with Gasteiger partial charge in [0.25, 0.3) is 11.6 Å². The average molecular weight is 554 g/mol. The molecule has 0 radical (unpaired) electrons. The van der Waals surface area contributed by atoms with Crippen molar-refractivity contribution in [1.29, 1.82) is 0 Å². The van der Waals surface area contributed by atoms with E-state index in [1.807, 2.05) is 71.1 Å². The summed E-state index contributed by atoms with van der Waals surface area (Å²) in [4.78, 5) is 33.8. The van der Waals surface area contributed by atoms with Gasteiger partial charge in [0.1, 0.15) is 11.4 Å². The molecule has 1 amide bonds. The number of benzene rings is 2. The largest absolute Gasteiger partial charge is 0.497 e. The third-order valence-corrected chi connectivity index (χ3v) is 8.09. The molecule has 202 valence electrons. The molecule has 0 saturated carbocycles. The Labute approximate surface area is 235 Å². The van der Waals surface area contributed by atoms with Gasteiger partial charge >= 0.3 is 0 Å². The summed E-state index contributed by atoms with van der Waals surface area (Å²) in [6.45, 7) is 3.45. The Morgan fingerprint density at radius 1 is 0.975 bits per heavy atom. The average Bonchev–Trinajstić information content (AvgIpc) is 3.66. The van der Waals surface area contributed by atoms with Crippen LogP contribution in [0.5, 0.6) is 5.75 Å². The van der Waals surface area contributed by atoms with Gasteiger partial charge in [0.05, 0.1) is 28.3 Å². The molecule has 9 nitrogen and oxygen atoms in total. The summed E-state index contributed by atoms with van der Waals surface area (Å²) in [6, 6.07) is 22.2. The second kappa shape index (κ2) is 10.9. The van der Waals surface area contributed by atoms with Crippen molar-refractivity contribution in [2.24, 2.45) is 0 Å². The maximum atomic E-state index is 12.8. The Kier molecular flexibility index (Phi) is 7.02. The minimum Gasteiger partial charge on any atom is -0.497 e. The number of nitro groups is 1. The van der Waals surface area contributed by atoms with Crippen molar-refractivity contribution in [1.82, 2.24) is 19.2 Å². The maximum absolute atomic E-state index is 12.8. The van der Waals surface area contributed by atoms with Gasteiger partial charge < -0.3 is 14.0 Å². The number of imidazole rings is 1. The SMILES string of the molecule is COc1ccc(-c2nc3ccc(-c4cccc([N+](=O)[O-])c4)cn3c2CN2CCN(C(=O)c3cccs3)CC2)cc1. The Morgan fingerprint density at radius 2 is 1.75 bits per heavy atom. The lowest BCUT2D eigenvalue weighted by Gasteiger charge is -2.34. The summed E-state index contributed by atoms with van der Waals surface area (Å²) in [5, 5.41) is 13.3. The molecule has 6 rings (SSSR count). The van der Waals surface area contributed by atoms with Crippen molar-refractivity contribution in [3.8, 4) is 28.1 Å². The van der Waals surface area contributed by atoms with Crippen LogP contribution in [0.2, 0.25) is 0 Å². The molecule has 5 aromatic rings. The predicted octanol–water partition coefficient (Wildman–Crippen LogP) is 5.60. The van der Waals surface area contributed by atoms with Gasteiger partial charge in [-0.05, 0) is 59.0 Å². The van der Waals surface area contributed by atoms with E-state index in [4.69, 9.17) is 9.72 Å². The van der Waals surface area contributed by atoms with Gasteiger partial charge in [-0.25, -0.2) is 4.98 Å². The topological polar surface area (TPSA) is 93.2 Å². The number of amides is 1. The first kappa shape index (κ1) is 25.7. The van der Waals surface area contributed by atoms with E-state index in [1.165, 1.54) is 17.4 Å². The predicted molar refractivity (Wildman–Crippen MR) is 155 cm³/mol. The van der Waals surface area contributed by atoms with E-state index in [0.717, 1.165) is 57.4 Å². The Morgan fingerprint density at radius 3 is 2.45 bits per heavy atom. The molecule has 1 fully saturated rings. The number of nitro benzene ring substituents is 1. The van der Waals surface area contributed by atoms with Crippen molar-refractivity contribution in [2.45, 2.75) is 6.54 Å². The van der Waals surface area contributed by atoms with Crippen LogP contribution in [-0.4, -0.2) is 63.3 Å². The first-order valence-electron chi connectivity index (χ1n) is 13.0.